The predicted octanol–water partition coefficient (Wildman–Crippen LogP) is 0.703. The zero-order valence-corrected chi connectivity index (χ0v) is 10.9. The number of morpholine rings is 1. The maximum atomic E-state index is 11.4. The van der Waals surface area contributed by atoms with Gasteiger partial charge in [-0.25, -0.2) is 4.79 Å². The number of benzene rings is 1. The molecule has 20 heavy (non-hydrogen) atoms. The smallest absolute Gasteiger partial charge is 0.326 e. The van der Waals surface area contributed by atoms with Gasteiger partial charge in [0.1, 0.15) is 5.70 Å². The largest absolute Gasteiger partial charge is 0.378 e. The average Bonchev–Trinajstić information content (AvgIpc) is 2.79. The maximum absolute atomic E-state index is 11.4. The number of imide groups is 1. The van der Waals surface area contributed by atoms with Crippen molar-refractivity contribution in [3.63, 3.8) is 0 Å². The first-order chi connectivity index (χ1) is 9.72. The normalized spacial score (nSPS) is 21.0. The number of hydrogen-bond donors (Lipinski definition) is 2. The SMILES string of the molecule is O=C1NC(=O)/C(=C/c2ccc(N3CCOCC3)cc2)N1. The molecule has 1 aromatic carbocycles. The summed E-state index contributed by atoms with van der Waals surface area (Å²) >= 11 is 0. The van der Waals surface area contributed by atoms with Crippen molar-refractivity contribution in [2.45, 2.75) is 0 Å². The summed E-state index contributed by atoms with van der Waals surface area (Å²) in [5, 5.41) is 4.64. The first-order valence-corrected chi connectivity index (χ1v) is 6.49. The summed E-state index contributed by atoms with van der Waals surface area (Å²) in [6, 6.07) is 7.38. The third-order valence-electron chi connectivity index (χ3n) is 3.30. The minimum Gasteiger partial charge on any atom is -0.378 e. The highest BCUT2D eigenvalue weighted by Crippen LogP contribution is 2.18. The third kappa shape index (κ3) is 2.65. The Morgan fingerprint density at radius 3 is 2.35 bits per heavy atom. The molecule has 0 bridgehead atoms. The molecule has 2 saturated heterocycles. The fraction of sp³-hybridized carbons (Fsp3) is 0.286. The molecule has 6 nitrogen and oxygen atoms in total. The van der Waals surface area contributed by atoms with E-state index in [9.17, 15) is 9.59 Å². The molecule has 2 fully saturated rings. The lowest BCUT2D eigenvalue weighted by Crippen LogP contribution is -2.36. The fourth-order valence-corrected chi connectivity index (χ4v) is 2.25. The zero-order valence-electron chi connectivity index (χ0n) is 10.9. The van der Waals surface area contributed by atoms with Gasteiger partial charge in [0, 0.05) is 18.8 Å². The second kappa shape index (κ2) is 5.34. The van der Waals surface area contributed by atoms with E-state index < -0.39 is 11.9 Å². The van der Waals surface area contributed by atoms with Crippen LogP contribution >= 0.6 is 0 Å². The van der Waals surface area contributed by atoms with Crippen molar-refractivity contribution in [3.8, 4) is 0 Å². The molecular formula is C14H15N3O3. The van der Waals surface area contributed by atoms with Crippen LogP contribution in [0.5, 0.6) is 0 Å². The Morgan fingerprint density at radius 2 is 1.75 bits per heavy atom. The molecule has 0 aromatic heterocycles. The van der Waals surface area contributed by atoms with Gasteiger partial charge in [0.15, 0.2) is 0 Å². The van der Waals surface area contributed by atoms with Gasteiger partial charge >= 0.3 is 6.03 Å². The molecule has 0 saturated carbocycles. The van der Waals surface area contributed by atoms with Gasteiger partial charge in [-0.05, 0) is 23.8 Å². The summed E-state index contributed by atoms with van der Waals surface area (Å²) < 4.78 is 5.32. The van der Waals surface area contributed by atoms with Gasteiger partial charge in [-0.15, -0.1) is 0 Å². The second-order valence-electron chi connectivity index (χ2n) is 4.66. The van der Waals surface area contributed by atoms with E-state index in [0.717, 1.165) is 37.6 Å². The Kier molecular flexibility index (Phi) is 3.39. The van der Waals surface area contributed by atoms with Gasteiger partial charge < -0.3 is 15.0 Å². The monoisotopic (exact) mass is 273 g/mol. The summed E-state index contributed by atoms with van der Waals surface area (Å²) in [6.07, 6.45) is 1.66. The molecule has 0 atom stereocenters. The first kappa shape index (κ1) is 12.7. The fourth-order valence-electron chi connectivity index (χ4n) is 2.25. The number of nitrogens with one attached hydrogen (secondary N) is 2. The van der Waals surface area contributed by atoms with Crippen molar-refractivity contribution in [2.24, 2.45) is 0 Å². The molecule has 0 aliphatic carbocycles. The van der Waals surface area contributed by atoms with Crippen LogP contribution in [0.4, 0.5) is 10.5 Å². The zero-order chi connectivity index (χ0) is 13.9. The molecule has 3 amide bonds. The van der Waals surface area contributed by atoms with Gasteiger partial charge in [0.2, 0.25) is 0 Å². The van der Waals surface area contributed by atoms with E-state index in [1.54, 1.807) is 6.08 Å². The number of nitrogens with zero attached hydrogens (tertiary/aromatic N) is 1. The van der Waals surface area contributed by atoms with Gasteiger partial charge in [0.05, 0.1) is 13.2 Å². The van der Waals surface area contributed by atoms with Crippen molar-refractivity contribution in [1.29, 1.82) is 0 Å². The number of carbonyl (C=O) groups excluding carboxylic acids is 2. The molecule has 0 radical (unpaired) electrons. The van der Waals surface area contributed by atoms with Crippen LogP contribution in [0.3, 0.4) is 0 Å². The van der Waals surface area contributed by atoms with Crippen LogP contribution in [-0.2, 0) is 9.53 Å². The van der Waals surface area contributed by atoms with Gasteiger partial charge in [-0.2, -0.15) is 0 Å². The van der Waals surface area contributed by atoms with Gasteiger partial charge in [0.25, 0.3) is 5.91 Å². The van der Waals surface area contributed by atoms with Crippen LogP contribution in [0.15, 0.2) is 30.0 Å². The van der Waals surface area contributed by atoms with Crippen molar-refractivity contribution < 1.29 is 14.3 Å². The third-order valence-corrected chi connectivity index (χ3v) is 3.30. The van der Waals surface area contributed by atoms with Gasteiger partial charge in [-0.1, -0.05) is 12.1 Å². The van der Waals surface area contributed by atoms with Crippen LogP contribution in [0.2, 0.25) is 0 Å². The summed E-state index contributed by atoms with van der Waals surface area (Å²) in [5.74, 6) is -0.396. The minimum atomic E-state index is -0.480. The Labute approximate surface area is 116 Å². The van der Waals surface area contributed by atoms with Crippen molar-refractivity contribution in [2.75, 3.05) is 31.2 Å². The van der Waals surface area contributed by atoms with E-state index in [2.05, 4.69) is 15.5 Å². The molecule has 2 aliphatic heterocycles. The van der Waals surface area contributed by atoms with E-state index in [1.807, 2.05) is 24.3 Å². The molecule has 104 valence electrons. The molecule has 3 rings (SSSR count). The van der Waals surface area contributed by atoms with Gasteiger partial charge in [-0.3, -0.25) is 10.1 Å². The average molecular weight is 273 g/mol. The Balaban J connectivity index is 1.74. The Bertz CT molecular complexity index is 560. The quantitative estimate of drug-likeness (QED) is 0.615. The van der Waals surface area contributed by atoms with Crippen LogP contribution in [0.1, 0.15) is 5.56 Å². The molecule has 2 aliphatic rings. The highest BCUT2D eigenvalue weighted by atomic mass is 16.5. The van der Waals surface area contributed by atoms with E-state index in [1.165, 1.54) is 0 Å². The van der Waals surface area contributed by atoms with Crippen LogP contribution in [-0.4, -0.2) is 38.2 Å². The molecule has 6 heteroatoms. The number of amides is 3. The first-order valence-electron chi connectivity index (χ1n) is 6.49. The number of ether oxygens (including phenoxy) is 1. The van der Waals surface area contributed by atoms with Crippen LogP contribution < -0.4 is 15.5 Å². The standard InChI is InChI=1S/C14H15N3O3/c18-13-12(15-14(19)16-13)9-10-1-3-11(4-2-10)17-5-7-20-8-6-17/h1-4,9H,5-8H2,(H2,15,16,18,19)/b12-9-. The molecule has 1 aromatic rings. The highest BCUT2D eigenvalue weighted by molar-refractivity contribution is 6.13. The summed E-state index contributed by atoms with van der Waals surface area (Å²) in [4.78, 5) is 24.7. The van der Waals surface area contributed by atoms with Crippen molar-refractivity contribution in [3.05, 3.63) is 35.5 Å². The van der Waals surface area contributed by atoms with E-state index >= 15 is 0 Å². The molecule has 0 spiro atoms. The van der Waals surface area contributed by atoms with Crippen molar-refractivity contribution in [1.82, 2.24) is 10.6 Å². The number of hydrogen-bond acceptors (Lipinski definition) is 4. The minimum absolute atomic E-state index is 0.272. The summed E-state index contributed by atoms with van der Waals surface area (Å²) in [6.45, 7) is 3.27. The lowest BCUT2D eigenvalue weighted by molar-refractivity contribution is -0.115. The van der Waals surface area contributed by atoms with Crippen molar-refractivity contribution >= 4 is 23.7 Å². The number of anilines is 1. The van der Waals surface area contributed by atoms with E-state index in [-0.39, 0.29) is 5.70 Å². The van der Waals surface area contributed by atoms with Crippen LogP contribution in [0.25, 0.3) is 6.08 Å². The molecular weight excluding hydrogens is 258 g/mol. The molecule has 2 N–H and O–H groups in total. The lowest BCUT2D eigenvalue weighted by atomic mass is 10.1. The Morgan fingerprint density at radius 1 is 1.05 bits per heavy atom. The Hall–Kier alpha value is -2.34. The summed E-state index contributed by atoms with van der Waals surface area (Å²) in [7, 11) is 0. The number of urea groups is 1. The maximum Gasteiger partial charge on any atom is 0.326 e. The predicted molar refractivity (Wildman–Crippen MR) is 74.1 cm³/mol. The topological polar surface area (TPSA) is 70.7 Å². The van der Waals surface area contributed by atoms with E-state index in [0.29, 0.717) is 0 Å². The number of rotatable bonds is 2. The second-order valence-corrected chi connectivity index (χ2v) is 4.66. The highest BCUT2D eigenvalue weighted by Gasteiger charge is 2.22. The lowest BCUT2D eigenvalue weighted by Gasteiger charge is -2.28. The molecule has 0 unspecified atom stereocenters. The van der Waals surface area contributed by atoms with E-state index in [4.69, 9.17) is 4.74 Å². The summed E-state index contributed by atoms with van der Waals surface area (Å²) in [5.41, 5.74) is 2.28. The molecule has 2 heterocycles. The van der Waals surface area contributed by atoms with Crippen LogP contribution in [0, 0.1) is 0 Å². The number of carbonyl (C=O) groups is 2.